The molecule has 1 unspecified atom stereocenters. The number of carbonyl (C=O) groups excluding carboxylic acids is 3. The van der Waals surface area contributed by atoms with Crippen LogP contribution in [0.2, 0.25) is 0 Å². The van der Waals surface area contributed by atoms with Crippen LogP contribution in [0.1, 0.15) is 22.6 Å². The fourth-order valence-corrected chi connectivity index (χ4v) is 2.65. The van der Waals surface area contributed by atoms with Crippen molar-refractivity contribution in [1.82, 2.24) is 25.4 Å². The second-order valence-corrected chi connectivity index (χ2v) is 5.69. The third kappa shape index (κ3) is 3.72. The molecular formula is C17H16N6O3. The Labute approximate surface area is 148 Å². The zero-order valence-electron chi connectivity index (χ0n) is 13.7. The van der Waals surface area contributed by atoms with Gasteiger partial charge in [-0.2, -0.15) is 15.4 Å². The van der Waals surface area contributed by atoms with Crippen molar-refractivity contribution in [2.24, 2.45) is 11.7 Å². The summed E-state index contributed by atoms with van der Waals surface area (Å²) in [6.07, 6.45) is 3.24. The fourth-order valence-electron chi connectivity index (χ4n) is 2.65. The van der Waals surface area contributed by atoms with E-state index in [1.54, 1.807) is 42.7 Å². The molecule has 0 spiro atoms. The monoisotopic (exact) mass is 352 g/mol. The van der Waals surface area contributed by atoms with Crippen LogP contribution in [0.25, 0.3) is 11.4 Å². The predicted octanol–water partition coefficient (Wildman–Crippen LogP) is 0.681. The van der Waals surface area contributed by atoms with Crippen LogP contribution in [0, 0.1) is 5.92 Å². The van der Waals surface area contributed by atoms with Gasteiger partial charge in [0.1, 0.15) is 5.69 Å². The molecule has 3 rings (SSSR count). The maximum absolute atomic E-state index is 12.7. The highest BCUT2D eigenvalue weighted by Crippen LogP contribution is 2.21. The summed E-state index contributed by atoms with van der Waals surface area (Å²) in [4.78, 5) is 43.3. The molecule has 0 fully saturated rings. The molecule has 4 N–H and O–H groups in total. The summed E-state index contributed by atoms with van der Waals surface area (Å²) in [6.45, 7) is 0. The lowest BCUT2D eigenvalue weighted by Gasteiger charge is -2.12. The molecule has 3 heterocycles. The first-order valence-electron chi connectivity index (χ1n) is 7.87. The van der Waals surface area contributed by atoms with Gasteiger partial charge in [-0.15, -0.1) is 0 Å². The molecule has 0 aliphatic heterocycles. The molecule has 1 atom stereocenters. The van der Waals surface area contributed by atoms with Gasteiger partial charge in [0.2, 0.25) is 5.78 Å². The van der Waals surface area contributed by atoms with Gasteiger partial charge < -0.3 is 10.7 Å². The van der Waals surface area contributed by atoms with Gasteiger partial charge in [0.15, 0.2) is 11.5 Å². The third-order valence-corrected chi connectivity index (χ3v) is 3.89. The molecule has 0 aliphatic carbocycles. The summed E-state index contributed by atoms with van der Waals surface area (Å²) in [5.41, 5.74) is 6.69. The van der Waals surface area contributed by atoms with Gasteiger partial charge in [0.25, 0.3) is 5.91 Å². The molecule has 0 saturated carbocycles. The van der Waals surface area contributed by atoms with Crippen LogP contribution >= 0.6 is 0 Å². The van der Waals surface area contributed by atoms with Gasteiger partial charge in [0, 0.05) is 30.4 Å². The predicted molar refractivity (Wildman–Crippen MR) is 90.7 cm³/mol. The molecule has 0 bridgehead atoms. The Morgan fingerprint density at radius 1 is 1.12 bits per heavy atom. The summed E-state index contributed by atoms with van der Waals surface area (Å²) in [7, 11) is 0. The zero-order valence-corrected chi connectivity index (χ0v) is 13.7. The number of aromatic nitrogens is 5. The molecule has 0 saturated heterocycles. The smallest absolute Gasteiger partial charge is 0.285 e. The Bertz CT molecular complexity index is 917. The van der Waals surface area contributed by atoms with Crippen molar-refractivity contribution in [2.45, 2.75) is 12.8 Å². The lowest BCUT2D eigenvalue weighted by atomic mass is 9.91. The van der Waals surface area contributed by atoms with E-state index in [-0.39, 0.29) is 18.5 Å². The topological polar surface area (TPSA) is 147 Å². The number of amides is 1. The zero-order chi connectivity index (χ0) is 18.5. The second-order valence-electron chi connectivity index (χ2n) is 5.69. The standard InChI is InChI=1S/C17H16N6O3/c18-17(26)16(25)10(8-11-4-3-7-19-11)9-13(24)15-14(21-23-22-15)12-5-1-2-6-20-12/h1-7,10,19H,8-9H2,(H2,18,26)(H,21,22,23). The number of ketones is 2. The van der Waals surface area contributed by atoms with E-state index in [9.17, 15) is 14.4 Å². The van der Waals surface area contributed by atoms with Crippen LogP contribution < -0.4 is 5.73 Å². The Kier molecular flexibility index (Phi) is 4.97. The number of primary amides is 1. The van der Waals surface area contributed by atoms with E-state index in [2.05, 4.69) is 25.4 Å². The van der Waals surface area contributed by atoms with E-state index in [1.165, 1.54) is 0 Å². The summed E-state index contributed by atoms with van der Waals surface area (Å²) >= 11 is 0. The minimum Gasteiger partial charge on any atom is -0.365 e. The normalized spacial score (nSPS) is 11.8. The van der Waals surface area contributed by atoms with Crippen molar-refractivity contribution < 1.29 is 14.4 Å². The van der Waals surface area contributed by atoms with Gasteiger partial charge in [-0.05, 0) is 30.7 Å². The van der Waals surface area contributed by atoms with E-state index in [1.807, 2.05) is 0 Å². The average molecular weight is 352 g/mol. The maximum Gasteiger partial charge on any atom is 0.285 e. The summed E-state index contributed by atoms with van der Waals surface area (Å²) in [6, 6.07) is 8.72. The molecule has 3 aromatic rings. The van der Waals surface area contributed by atoms with Crippen molar-refractivity contribution in [3.8, 4) is 11.4 Å². The largest absolute Gasteiger partial charge is 0.365 e. The maximum atomic E-state index is 12.7. The number of pyridine rings is 1. The lowest BCUT2D eigenvalue weighted by molar-refractivity contribution is -0.138. The van der Waals surface area contributed by atoms with Crippen LogP contribution in [0.3, 0.4) is 0 Å². The van der Waals surface area contributed by atoms with Gasteiger partial charge in [0.05, 0.1) is 5.69 Å². The van der Waals surface area contributed by atoms with Gasteiger partial charge in [-0.3, -0.25) is 19.4 Å². The quantitative estimate of drug-likeness (QED) is 0.401. The Balaban J connectivity index is 1.83. The summed E-state index contributed by atoms with van der Waals surface area (Å²) in [5, 5.41) is 10.3. The van der Waals surface area contributed by atoms with E-state index in [0.29, 0.717) is 11.4 Å². The number of nitrogens with two attached hydrogens (primary N) is 1. The van der Waals surface area contributed by atoms with E-state index in [0.717, 1.165) is 5.69 Å². The molecule has 0 aliphatic rings. The molecule has 3 aromatic heterocycles. The second kappa shape index (κ2) is 7.51. The average Bonchev–Trinajstić information content (AvgIpc) is 3.32. The van der Waals surface area contributed by atoms with Gasteiger partial charge in [-0.1, -0.05) is 6.07 Å². The van der Waals surface area contributed by atoms with Crippen LogP contribution in [-0.2, 0) is 16.0 Å². The van der Waals surface area contributed by atoms with E-state index < -0.39 is 23.4 Å². The van der Waals surface area contributed by atoms with Crippen LogP contribution in [0.5, 0.6) is 0 Å². The van der Waals surface area contributed by atoms with Crippen molar-refractivity contribution in [1.29, 1.82) is 0 Å². The molecule has 0 aromatic carbocycles. The molecule has 9 nitrogen and oxygen atoms in total. The van der Waals surface area contributed by atoms with Crippen LogP contribution in [0.4, 0.5) is 0 Å². The SMILES string of the molecule is NC(=O)C(=O)C(CC(=O)c1n[nH]nc1-c1ccccn1)Cc1ccc[nH]1. The van der Waals surface area contributed by atoms with E-state index >= 15 is 0 Å². The van der Waals surface area contributed by atoms with Crippen LogP contribution in [0.15, 0.2) is 42.7 Å². The van der Waals surface area contributed by atoms with Crippen LogP contribution in [-0.4, -0.2) is 42.9 Å². The highest BCUT2D eigenvalue weighted by atomic mass is 16.2. The Hall–Kier alpha value is -3.62. The summed E-state index contributed by atoms with van der Waals surface area (Å²) < 4.78 is 0. The van der Waals surface area contributed by atoms with Gasteiger partial charge >= 0.3 is 0 Å². The minimum atomic E-state index is -1.07. The third-order valence-electron chi connectivity index (χ3n) is 3.89. The number of rotatable bonds is 8. The number of nitrogens with zero attached hydrogens (tertiary/aromatic N) is 3. The van der Waals surface area contributed by atoms with Crippen molar-refractivity contribution >= 4 is 17.5 Å². The van der Waals surface area contributed by atoms with Gasteiger partial charge in [-0.25, -0.2) is 0 Å². The fraction of sp³-hybridized carbons (Fsp3) is 0.176. The number of H-pyrrole nitrogens is 2. The van der Waals surface area contributed by atoms with Crippen molar-refractivity contribution in [3.63, 3.8) is 0 Å². The summed E-state index contributed by atoms with van der Waals surface area (Å²) in [5.74, 6) is -3.17. The Morgan fingerprint density at radius 3 is 2.62 bits per heavy atom. The highest BCUT2D eigenvalue weighted by Gasteiger charge is 2.29. The number of Topliss-reactive ketones (excluding diaryl/α,β-unsaturated/α-hetero) is 2. The first-order chi connectivity index (χ1) is 12.6. The van der Waals surface area contributed by atoms with Crippen molar-refractivity contribution in [3.05, 3.63) is 54.1 Å². The number of hydrogen-bond acceptors (Lipinski definition) is 6. The Morgan fingerprint density at radius 2 is 1.96 bits per heavy atom. The lowest BCUT2D eigenvalue weighted by Crippen LogP contribution is -2.33. The number of aromatic amines is 2. The van der Waals surface area contributed by atoms with E-state index in [4.69, 9.17) is 5.73 Å². The van der Waals surface area contributed by atoms with Crippen molar-refractivity contribution in [2.75, 3.05) is 0 Å². The number of carbonyl (C=O) groups is 3. The number of hydrogen-bond donors (Lipinski definition) is 3. The molecule has 0 radical (unpaired) electrons. The molecular weight excluding hydrogens is 336 g/mol. The first-order valence-corrected chi connectivity index (χ1v) is 7.87. The number of nitrogens with one attached hydrogen (secondary N) is 2. The molecule has 132 valence electrons. The minimum absolute atomic E-state index is 0.0671. The molecule has 26 heavy (non-hydrogen) atoms. The molecule has 9 heteroatoms. The molecule has 1 amide bonds. The highest BCUT2D eigenvalue weighted by molar-refractivity contribution is 6.36. The first kappa shape index (κ1) is 17.2.